The summed E-state index contributed by atoms with van der Waals surface area (Å²) in [6, 6.07) is 23.7. The van der Waals surface area contributed by atoms with Gasteiger partial charge in [0.25, 0.3) is 0 Å². The van der Waals surface area contributed by atoms with Gasteiger partial charge in [-0.2, -0.15) is 5.10 Å². The highest BCUT2D eigenvalue weighted by atomic mass is 19.1. The molecule has 0 aliphatic rings. The second-order valence-corrected chi connectivity index (χ2v) is 8.70. The van der Waals surface area contributed by atoms with E-state index in [0.29, 0.717) is 10.1 Å². The van der Waals surface area contributed by atoms with E-state index in [-0.39, 0.29) is 15.7 Å². The Morgan fingerprint density at radius 2 is 1.30 bits per heavy atom. The summed E-state index contributed by atoms with van der Waals surface area (Å²) in [6.07, 6.45) is 0.846. The third kappa shape index (κ3) is 4.99. The Morgan fingerprint density at radius 3 is 1.85 bits per heavy atom. The number of aromatic nitrogens is 4. The van der Waals surface area contributed by atoms with Gasteiger partial charge in [-0.05, 0) is 24.3 Å². The van der Waals surface area contributed by atoms with Crippen molar-refractivity contribution in [3.05, 3.63) is 157 Å². The lowest BCUT2D eigenvalue weighted by Crippen LogP contribution is -2.44. The molecule has 0 saturated heterocycles. The van der Waals surface area contributed by atoms with Crippen LogP contribution in [0.5, 0.6) is 0 Å². The highest BCUT2D eigenvalue weighted by Crippen LogP contribution is 2.26. The second-order valence-electron chi connectivity index (χ2n) is 8.70. The first-order valence-electron chi connectivity index (χ1n) is 12.1. The third-order valence-corrected chi connectivity index (χ3v) is 6.18. The SMILES string of the molecule is O=c1c([N+](=O)[O-])c(/C=C/c2cnn(-c3ccccc3)c2)n(C(F)c2ccccc2)c(=O)n1C(F)c1ccccc1. The summed E-state index contributed by atoms with van der Waals surface area (Å²) < 4.78 is 33.6. The lowest BCUT2D eigenvalue weighted by Gasteiger charge is -2.19. The van der Waals surface area contributed by atoms with Gasteiger partial charge in [0, 0.05) is 22.9 Å². The van der Waals surface area contributed by atoms with Crippen LogP contribution in [0.4, 0.5) is 14.5 Å². The van der Waals surface area contributed by atoms with E-state index in [1.807, 2.05) is 30.3 Å². The molecular formula is C29H21F2N5O4. The fraction of sp³-hybridized carbons (Fsp3) is 0.0690. The van der Waals surface area contributed by atoms with Gasteiger partial charge in [0.05, 0.1) is 16.8 Å². The summed E-state index contributed by atoms with van der Waals surface area (Å²) in [5, 5.41) is 16.4. The van der Waals surface area contributed by atoms with Crippen molar-refractivity contribution in [1.82, 2.24) is 18.9 Å². The Balaban J connectivity index is 1.72. The molecular weight excluding hydrogens is 520 g/mol. The van der Waals surface area contributed by atoms with Gasteiger partial charge in [0.2, 0.25) is 12.6 Å². The maximum atomic E-state index is 16.0. The van der Waals surface area contributed by atoms with Gasteiger partial charge in [-0.15, -0.1) is 0 Å². The summed E-state index contributed by atoms with van der Waals surface area (Å²) in [7, 11) is 0. The minimum atomic E-state index is -2.39. The number of nitrogens with zero attached hydrogens (tertiary/aromatic N) is 5. The zero-order valence-corrected chi connectivity index (χ0v) is 20.7. The van der Waals surface area contributed by atoms with Crippen molar-refractivity contribution in [1.29, 1.82) is 0 Å². The third-order valence-electron chi connectivity index (χ3n) is 6.18. The van der Waals surface area contributed by atoms with Crippen LogP contribution in [0.1, 0.15) is 35.0 Å². The number of hydrogen-bond acceptors (Lipinski definition) is 5. The molecule has 2 unspecified atom stereocenters. The lowest BCUT2D eigenvalue weighted by molar-refractivity contribution is -0.387. The molecule has 2 aromatic heterocycles. The molecule has 5 rings (SSSR count). The van der Waals surface area contributed by atoms with Crippen molar-refractivity contribution < 1.29 is 13.7 Å². The Labute approximate surface area is 225 Å². The maximum Gasteiger partial charge on any atom is 0.357 e. The highest BCUT2D eigenvalue weighted by molar-refractivity contribution is 5.72. The molecule has 5 aromatic rings. The molecule has 0 fully saturated rings. The first-order chi connectivity index (χ1) is 19.4. The molecule has 40 heavy (non-hydrogen) atoms. The summed E-state index contributed by atoms with van der Waals surface area (Å²) >= 11 is 0. The van der Waals surface area contributed by atoms with Crippen LogP contribution >= 0.6 is 0 Å². The van der Waals surface area contributed by atoms with Crippen molar-refractivity contribution in [3.63, 3.8) is 0 Å². The molecule has 0 N–H and O–H groups in total. The van der Waals surface area contributed by atoms with Crippen LogP contribution in [-0.2, 0) is 0 Å². The number of benzene rings is 3. The number of halogens is 2. The number of para-hydroxylation sites is 1. The van der Waals surface area contributed by atoms with Crippen LogP contribution in [0.25, 0.3) is 17.8 Å². The van der Waals surface area contributed by atoms with E-state index in [0.717, 1.165) is 11.8 Å². The van der Waals surface area contributed by atoms with E-state index in [4.69, 9.17) is 0 Å². The average molecular weight is 542 g/mol. The molecule has 3 aromatic carbocycles. The van der Waals surface area contributed by atoms with Gasteiger partial charge in [-0.3, -0.25) is 19.5 Å². The van der Waals surface area contributed by atoms with E-state index in [9.17, 15) is 19.7 Å². The predicted molar refractivity (Wildman–Crippen MR) is 145 cm³/mol. The van der Waals surface area contributed by atoms with E-state index in [1.165, 1.54) is 60.8 Å². The molecule has 0 aliphatic heterocycles. The standard InChI is InChI=1S/C29H21F2N5O4/c30-26(21-10-4-1-5-11-21)34-24(17-16-20-18-32-33(19-20)23-14-8-3-9-15-23)25(36(39)40)28(37)35(29(34)38)27(31)22-12-6-2-7-13-22/h1-19,26-27H/b17-16+. The number of hydrogen-bond donors (Lipinski definition) is 0. The molecule has 0 saturated carbocycles. The van der Waals surface area contributed by atoms with Gasteiger partial charge in [-0.25, -0.2) is 22.8 Å². The van der Waals surface area contributed by atoms with Crippen LogP contribution in [0.3, 0.4) is 0 Å². The fourth-order valence-electron chi connectivity index (χ4n) is 4.24. The number of alkyl halides is 2. The van der Waals surface area contributed by atoms with Gasteiger partial charge in [-0.1, -0.05) is 78.9 Å². The summed E-state index contributed by atoms with van der Waals surface area (Å²) in [6.45, 7) is 0. The summed E-state index contributed by atoms with van der Waals surface area (Å²) in [5.74, 6) is 0. The lowest BCUT2D eigenvalue weighted by atomic mass is 10.1. The van der Waals surface area contributed by atoms with E-state index in [1.54, 1.807) is 23.0 Å². The van der Waals surface area contributed by atoms with Crippen molar-refractivity contribution >= 4 is 17.8 Å². The van der Waals surface area contributed by atoms with Crippen LogP contribution in [0.15, 0.2) is 113 Å². The molecule has 0 bridgehead atoms. The Bertz CT molecular complexity index is 1800. The van der Waals surface area contributed by atoms with Crippen LogP contribution in [-0.4, -0.2) is 23.8 Å². The zero-order chi connectivity index (χ0) is 28.2. The van der Waals surface area contributed by atoms with Crippen molar-refractivity contribution in [2.45, 2.75) is 12.6 Å². The van der Waals surface area contributed by atoms with Gasteiger partial charge in [0.1, 0.15) is 5.69 Å². The van der Waals surface area contributed by atoms with Crippen LogP contribution < -0.4 is 11.2 Å². The predicted octanol–water partition coefficient (Wildman–Crippen LogP) is 5.31. The Morgan fingerprint density at radius 1 is 0.775 bits per heavy atom. The first kappa shape index (κ1) is 26.2. The second kappa shape index (κ2) is 11.1. The molecule has 200 valence electrons. The molecule has 0 amide bonds. The van der Waals surface area contributed by atoms with E-state index in [2.05, 4.69) is 5.10 Å². The smallest absolute Gasteiger partial charge is 0.261 e. The van der Waals surface area contributed by atoms with Crippen molar-refractivity contribution in [3.8, 4) is 5.69 Å². The largest absolute Gasteiger partial charge is 0.357 e. The molecule has 2 atom stereocenters. The maximum absolute atomic E-state index is 16.0. The molecule has 0 aliphatic carbocycles. The molecule has 9 nitrogen and oxygen atoms in total. The molecule has 0 radical (unpaired) electrons. The fourth-order valence-corrected chi connectivity index (χ4v) is 4.24. The molecule has 0 spiro atoms. The Kier molecular flexibility index (Phi) is 7.27. The normalized spacial score (nSPS) is 12.8. The zero-order valence-electron chi connectivity index (χ0n) is 20.7. The number of rotatable bonds is 8. The number of nitro groups is 1. The topological polar surface area (TPSA) is 105 Å². The summed E-state index contributed by atoms with van der Waals surface area (Å²) in [5.41, 5.74) is -3.59. The van der Waals surface area contributed by atoms with Gasteiger partial charge in [0.15, 0.2) is 0 Å². The van der Waals surface area contributed by atoms with Crippen LogP contribution in [0.2, 0.25) is 0 Å². The van der Waals surface area contributed by atoms with Crippen LogP contribution in [0, 0.1) is 10.1 Å². The summed E-state index contributed by atoms with van der Waals surface area (Å²) in [4.78, 5) is 38.0. The highest BCUT2D eigenvalue weighted by Gasteiger charge is 2.33. The minimum absolute atomic E-state index is 0.0224. The van der Waals surface area contributed by atoms with Crippen molar-refractivity contribution in [2.24, 2.45) is 0 Å². The minimum Gasteiger partial charge on any atom is -0.261 e. The van der Waals surface area contributed by atoms with E-state index >= 15 is 8.78 Å². The van der Waals surface area contributed by atoms with Crippen molar-refractivity contribution in [2.75, 3.05) is 0 Å². The molecule has 11 heteroatoms. The van der Waals surface area contributed by atoms with Gasteiger partial charge < -0.3 is 0 Å². The molecule has 2 heterocycles. The first-order valence-corrected chi connectivity index (χ1v) is 12.1. The van der Waals surface area contributed by atoms with E-state index < -0.39 is 40.1 Å². The average Bonchev–Trinajstić information content (AvgIpc) is 3.46. The Hall–Kier alpha value is -5.45. The monoisotopic (exact) mass is 541 g/mol. The quantitative estimate of drug-likeness (QED) is 0.196. The van der Waals surface area contributed by atoms with Gasteiger partial charge >= 0.3 is 16.9 Å².